The van der Waals surface area contributed by atoms with Crippen LogP contribution in [-0.4, -0.2) is 45.6 Å². The monoisotopic (exact) mass is 383 g/mol. The summed E-state index contributed by atoms with van der Waals surface area (Å²) in [5.74, 6) is 7.63. The molecule has 3 aromatic rings. The van der Waals surface area contributed by atoms with Gasteiger partial charge in [0.1, 0.15) is 5.75 Å². The normalized spacial score (nSPS) is 10.6. The number of rotatable bonds is 7. The Hall–Kier alpha value is -3.00. The van der Waals surface area contributed by atoms with E-state index in [1.807, 2.05) is 54.6 Å². The number of amides is 1. The molecule has 0 unspecified atom stereocenters. The molecule has 7 nitrogen and oxygen atoms in total. The van der Waals surface area contributed by atoms with Crippen molar-refractivity contribution in [2.24, 2.45) is 0 Å². The first-order valence-corrected chi connectivity index (χ1v) is 9.32. The van der Waals surface area contributed by atoms with Gasteiger partial charge in [0.25, 0.3) is 0 Å². The number of hydrogen-bond donors (Lipinski definition) is 1. The van der Waals surface area contributed by atoms with Gasteiger partial charge in [-0.2, -0.15) is 0 Å². The van der Waals surface area contributed by atoms with E-state index in [0.29, 0.717) is 17.5 Å². The summed E-state index contributed by atoms with van der Waals surface area (Å²) in [5.41, 5.74) is 1.91. The molecule has 27 heavy (non-hydrogen) atoms. The molecule has 0 fully saturated rings. The van der Waals surface area contributed by atoms with Crippen molar-refractivity contribution in [1.29, 1.82) is 0 Å². The van der Waals surface area contributed by atoms with Gasteiger partial charge in [0.15, 0.2) is 5.82 Å². The van der Waals surface area contributed by atoms with Gasteiger partial charge in [0, 0.05) is 19.2 Å². The first-order valence-electron chi connectivity index (χ1n) is 8.34. The van der Waals surface area contributed by atoms with Crippen LogP contribution in [0, 0.1) is 0 Å². The smallest absolute Gasteiger partial charge is 0.233 e. The van der Waals surface area contributed by atoms with Gasteiger partial charge in [-0.3, -0.25) is 4.79 Å². The molecule has 0 saturated heterocycles. The Labute approximate surface area is 162 Å². The van der Waals surface area contributed by atoms with Gasteiger partial charge in [0.2, 0.25) is 11.1 Å². The molecule has 0 bridgehead atoms. The van der Waals surface area contributed by atoms with Crippen LogP contribution in [0.2, 0.25) is 0 Å². The van der Waals surface area contributed by atoms with E-state index >= 15 is 0 Å². The molecule has 0 atom stereocenters. The molecule has 1 heterocycles. The molecule has 0 aliphatic carbocycles. The Kier molecular flexibility index (Phi) is 5.97. The van der Waals surface area contributed by atoms with Crippen LogP contribution in [-0.2, 0) is 11.3 Å². The van der Waals surface area contributed by atoms with Crippen LogP contribution in [0.1, 0.15) is 5.56 Å². The second-order valence-electron chi connectivity index (χ2n) is 5.93. The van der Waals surface area contributed by atoms with Crippen molar-refractivity contribution in [2.45, 2.75) is 11.7 Å². The van der Waals surface area contributed by atoms with Crippen LogP contribution in [0.5, 0.6) is 5.75 Å². The molecule has 0 aliphatic rings. The van der Waals surface area contributed by atoms with E-state index in [1.165, 1.54) is 16.4 Å². The van der Waals surface area contributed by atoms with E-state index in [1.54, 1.807) is 19.1 Å². The molecular weight excluding hydrogens is 362 g/mol. The highest BCUT2D eigenvalue weighted by atomic mass is 32.2. The molecule has 0 saturated carbocycles. The van der Waals surface area contributed by atoms with Gasteiger partial charge in [-0.05, 0) is 29.8 Å². The van der Waals surface area contributed by atoms with Crippen molar-refractivity contribution in [3.8, 4) is 17.1 Å². The SMILES string of the molecule is COc1ccc(-c2nnc(SCC(=O)N(C)Cc3ccccc3)n2N)cc1. The van der Waals surface area contributed by atoms with E-state index in [9.17, 15) is 4.79 Å². The fraction of sp³-hybridized carbons (Fsp3) is 0.211. The molecule has 3 rings (SSSR count). The number of methoxy groups -OCH3 is 1. The van der Waals surface area contributed by atoms with Crippen LogP contribution in [0.4, 0.5) is 0 Å². The van der Waals surface area contributed by atoms with Crippen molar-refractivity contribution in [3.05, 3.63) is 60.2 Å². The molecule has 0 radical (unpaired) electrons. The predicted octanol–water partition coefficient (Wildman–Crippen LogP) is 2.42. The van der Waals surface area contributed by atoms with Crippen LogP contribution in [0.3, 0.4) is 0 Å². The van der Waals surface area contributed by atoms with Crippen molar-refractivity contribution < 1.29 is 9.53 Å². The Balaban J connectivity index is 1.61. The van der Waals surface area contributed by atoms with Crippen molar-refractivity contribution in [1.82, 2.24) is 19.8 Å². The van der Waals surface area contributed by atoms with E-state index in [2.05, 4.69) is 10.2 Å². The van der Waals surface area contributed by atoms with Gasteiger partial charge in [-0.25, -0.2) is 4.68 Å². The van der Waals surface area contributed by atoms with Gasteiger partial charge in [-0.15, -0.1) is 10.2 Å². The lowest BCUT2D eigenvalue weighted by atomic mass is 10.2. The zero-order valence-electron chi connectivity index (χ0n) is 15.2. The Bertz CT molecular complexity index is 896. The fourth-order valence-corrected chi connectivity index (χ4v) is 3.29. The Morgan fingerprint density at radius 1 is 1.15 bits per heavy atom. The average Bonchev–Trinajstić information content (AvgIpc) is 3.07. The average molecular weight is 383 g/mol. The Morgan fingerprint density at radius 3 is 2.52 bits per heavy atom. The maximum absolute atomic E-state index is 12.4. The summed E-state index contributed by atoms with van der Waals surface area (Å²) in [6.07, 6.45) is 0. The second-order valence-corrected chi connectivity index (χ2v) is 6.87. The number of ether oxygens (including phenoxy) is 1. The molecule has 0 spiro atoms. The third-order valence-corrected chi connectivity index (χ3v) is 4.95. The highest BCUT2D eigenvalue weighted by Crippen LogP contribution is 2.23. The summed E-state index contributed by atoms with van der Waals surface area (Å²) in [5, 5.41) is 8.72. The van der Waals surface area contributed by atoms with E-state index in [-0.39, 0.29) is 11.7 Å². The summed E-state index contributed by atoms with van der Waals surface area (Å²) < 4.78 is 6.55. The summed E-state index contributed by atoms with van der Waals surface area (Å²) in [6, 6.07) is 17.2. The number of thioether (sulfide) groups is 1. The number of benzene rings is 2. The number of aromatic nitrogens is 3. The summed E-state index contributed by atoms with van der Waals surface area (Å²) >= 11 is 1.27. The molecule has 2 aromatic carbocycles. The highest BCUT2D eigenvalue weighted by Gasteiger charge is 2.16. The first-order chi connectivity index (χ1) is 13.1. The van der Waals surface area contributed by atoms with Crippen molar-refractivity contribution in [2.75, 3.05) is 25.8 Å². The third-order valence-electron chi connectivity index (χ3n) is 4.03. The van der Waals surface area contributed by atoms with Crippen molar-refractivity contribution >= 4 is 17.7 Å². The standard InChI is InChI=1S/C19H21N5O2S/c1-23(12-14-6-4-3-5-7-14)17(25)13-27-19-22-21-18(24(19)20)15-8-10-16(26-2)11-9-15/h3-11H,12-13,20H2,1-2H3. The molecular formula is C19H21N5O2S. The van der Waals surface area contributed by atoms with Gasteiger partial charge in [0.05, 0.1) is 12.9 Å². The maximum atomic E-state index is 12.4. The maximum Gasteiger partial charge on any atom is 0.233 e. The second kappa shape index (κ2) is 8.59. The molecule has 0 aliphatic heterocycles. The predicted molar refractivity (Wildman–Crippen MR) is 106 cm³/mol. The van der Waals surface area contributed by atoms with Crippen molar-refractivity contribution in [3.63, 3.8) is 0 Å². The minimum atomic E-state index is -0.00199. The quantitative estimate of drug-likeness (QED) is 0.498. The lowest BCUT2D eigenvalue weighted by Crippen LogP contribution is -2.28. The summed E-state index contributed by atoms with van der Waals surface area (Å²) in [4.78, 5) is 14.1. The number of nitrogen functional groups attached to an aromatic ring is 1. The van der Waals surface area contributed by atoms with E-state index < -0.39 is 0 Å². The van der Waals surface area contributed by atoms with Crippen LogP contribution < -0.4 is 10.6 Å². The van der Waals surface area contributed by atoms with Gasteiger partial charge < -0.3 is 15.5 Å². The zero-order valence-corrected chi connectivity index (χ0v) is 16.0. The summed E-state index contributed by atoms with van der Waals surface area (Å²) in [6.45, 7) is 0.562. The molecule has 1 aromatic heterocycles. The lowest BCUT2D eigenvalue weighted by Gasteiger charge is -2.16. The number of nitrogens with zero attached hydrogens (tertiary/aromatic N) is 4. The zero-order chi connectivity index (χ0) is 19.2. The van der Waals surface area contributed by atoms with E-state index in [4.69, 9.17) is 10.6 Å². The first kappa shape index (κ1) is 18.8. The molecule has 140 valence electrons. The molecule has 8 heteroatoms. The summed E-state index contributed by atoms with van der Waals surface area (Å²) in [7, 11) is 3.40. The fourth-order valence-electron chi connectivity index (χ4n) is 2.49. The number of carbonyl (C=O) groups excluding carboxylic acids is 1. The molecule has 2 N–H and O–H groups in total. The molecule has 1 amide bonds. The minimum absolute atomic E-state index is 0.00199. The van der Waals surface area contributed by atoms with Gasteiger partial charge >= 0.3 is 0 Å². The van der Waals surface area contributed by atoms with Crippen LogP contribution in [0.15, 0.2) is 59.8 Å². The Morgan fingerprint density at radius 2 is 1.85 bits per heavy atom. The van der Waals surface area contributed by atoms with Crippen LogP contribution in [0.25, 0.3) is 11.4 Å². The number of carbonyl (C=O) groups is 1. The number of hydrogen-bond acceptors (Lipinski definition) is 6. The lowest BCUT2D eigenvalue weighted by molar-refractivity contribution is -0.127. The topological polar surface area (TPSA) is 86.3 Å². The van der Waals surface area contributed by atoms with E-state index in [0.717, 1.165) is 16.9 Å². The minimum Gasteiger partial charge on any atom is -0.497 e. The highest BCUT2D eigenvalue weighted by molar-refractivity contribution is 7.99. The van der Waals surface area contributed by atoms with Crippen LogP contribution >= 0.6 is 11.8 Å². The largest absolute Gasteiger partial charge is 0.497 e. The van der Waals surface area contributed by atoms with Gasteiger partial charge in [-0.1, -0.05) is 42.1 Å². The number of nitrogens with two attached hydrogens (primary N) is 1. The third kappa shape index (κ3) is 4.59.